The molecule has 1 saturated heterocycles. The van der Waals surface area contributed by atoms with Crippen LogP contribution >= 0.6 is 0 Å². The summed E-state index contributed by atoms with van der Waals surface area (Å²) >= 11 is 0. The fourth-order valence-corrected chi connectivity index (χ4v) is 2.36. The van der Waals surface area contributed by atoms with Crippen LogP contribution < -0.4 is 11.1 Å². The molecule has 0 unspecified atom stereocenters. The number of carbonyl (C=O) groups excluding carboxylic acids is 1. The van der Waals surface area contributed by atoms with Gasteiger partial charge < -0.3 is 16.0 Å². The highest BCUT2D eigenvalue weighted by Crippen LogP contribution is 2.26. The van der Waals surface area contributed by atoms with Gasteiger partial charge in [0.25, 0.3) is 5.91 Å². The monoisotopic (exact) mass is 278 g/mol. The molecule has 108 valence electrons. The van der Waals surface area contributed by atoms with Crippen molar-refractivity contribution in [3.05, 3.63) is 33.9 Å². The van der Waals surface area contributed by atoms with Crippen LogP contribution in [-0.2, 0) is 0 Å². The maximum atomic E-state index is 12.2. The van der Waals surface area contributed by atoms with Gasteiger partial charge in [0.05, 0.1) is 4.92 Å². The van der Waals surface area contributed by atoms with E-state index in [1.165, 1.54) is 12.1 Å². The Morgan fingerprint density at radius 2 is 2.10 bits per heavy atom. The molecule has 1 aromatic rings. The molecular formula is C13H18N4O3. The van der Waals surface area contributed by atoms with Crippen LogP contribution in [0.25, 0.3) is 0 Å². The fourth-order valence-electron chi connectivity index (χ4n) is 2.36. The standard InChI is InChI=1S/C13H18N4O3/c1-16-7-5-9(6-8-16)15-13(18)10-3-2-4-11(14)12(10)17(19)20/h2-4,9H,5-8,14H2,1H3,(H,15,18). The lowest BCUT2D eigenvalue weighted by atomic mass is 10.0. The third-order valence-corrected chi connectivity index (χ3v) is 3.55. The van der Waals surface area contributed by atoms with E-state index >= 15 is 0 Å². The van der Waals surface area contributed by atoms with Crippen molar-refractivity contribution < 1.29 is 9.72 Å². The molecular weight excluding hydrogens is 260 g/mol. The van der Waals surface area contributed by atoms with E-state index in [2.05, 4.69) is 10.2 Å². The van der Waals surface area contributed by atoms with E-state index in [9.17, 15) is 14.9 Å². The largest absolute Gasteiger partial charge is 0.393 e. The second-order valence-corrected chi connectivity index (χ2v) is 5.05. The molecule has 2 rings (SSSR count). The summed E-state index contributed by atoms with van der Waals surface area (Å²) in [5.41, 5.74) is 5.29. The lowest BCUT2D eigenvalue weighted by Gasteiger charge is -2.29. The highest BCUT2D eigenvalue weighted by Gasteiger charge is 2.25. The number of nitrogens with one attached hydrogen (secondary N) is 1. The zero-order valence-corrected chi connectivity index (χ0v) is 11.3. The first-order chi connectivity index (χ1) is 9.49. The van der Waals surface area contributed by atoms with Gasteiger partial charge in [-0.3, -0.25) is 14.9 Å². The van der Waals surface area contributed by atoms with Gasteiger partial charge in [-0.1, -0.05) is 6.07 Å². The van der Waals surface area contributed by atoms with Crippen molar-refractivity contribution in [2.45, 2.75) is 18.9 Å². The summed E-state index contributed by atoms with van der Waals surface area (Å²) in [6.45, 7) is 1.81. The maximum absolute atomic E-state index is 12.2. The van der Waals surface area contributed by atoms with Crippen LogP contribution in [0.4, 0.5) is 11.4 Å². The molecule has 3 N–H and O–H groups in total. The molecule has 0 saturated carbocycles. The van der Waals surface area contributed by atoms with Gasteiger partial charge in [0.15, 0.2) is 0 Å². The molecule has 0 bridgehead atoms. The smallest absolute Gasteiger partial charge is 0.304 e. The SMILES string of the molecule is CN1CCC(NC(=O)c2cccc(N)c2[N+](=O)[O-])CC1. The molecule has 1 heterocycles. The maximum Gasteiger partial charge on any atom is 0.304 e. The van der Waals surface area contributed by atoms with E-state index in [-0.39, 0.29) is 23.0 Å². The predicted octanol–water partition coefficient (Wildman–Crippen LogP) is 1.00. The number of benzene rings is 1. The number of likely N-dealkylation sites (tertiary alicyclic amines) is 1. The molecule has 0 aromatic heterocycles. The molecule has 7 nitrogen and oxygen atoms in total. The van der Waals surface area contributed by atoms with Crippen molar-refractivity contribution in [3.8, 4) is 0 Å². The van der Waals surface area contributed by atoms with E-state index in [0.29, 0.717) is 0 Å². The van der Waals surface area contributed by atoms with Gasteiger partial charge in [-0.2, -0.15) is 0 Å². The number of nitro benzene ring substituents is 1. The number of nitrogens with two attached hydrogens (primary N) is 1. The van der Waals surface area contributed by atoms with Crippen LogP contribution in [0.5, 0.6) is 0 Å². The summed E-state index contributed by atoms with van der Waals surface area (Å²) in [6.07, 6.45) is 1.69. The number of anilines is 1. The number of nitro groups is 1. The molecule has 1 aromatic carbocycles. The lowest BCUT2D eigenvalue weighted by Crippen LogP contribution is -2.43. The molecule has 0 aliphatic carbocycles. The number of piperidine rings is 1. The molecule has 1 fully saturated rings. The number of nitrogen functional groups attached to an aromatic ring is 1. The van der Waals surface area contributed by atoms with Crippen LogP contribution in [0.2, 0.25) is 0 Å². The number of para-hydroxylation sites is 1. The van der Waals surface area contributed by atoms with Crippen LogP contribution in [0.1, 0.15) is 23.2 Å². The summed E-state index contributed by atoms with van der Waals surface area (Å²) < 4.78 is 0. The summed E-state index contributed by atoms with van der Waals surface area (Å²) in [5.74, 6) is -0.432. The van der Waals surface area contributed by atoms with Gasteiger partial charge in [-0.25, -0.2) is 0 Å². The normalized spacial score (nSPS) is 16.9. The van der Waals surface area contributed by atoms with Gasteiger partial charge in [-0.05, 0) is 45.1 Å². The topological polar surface area (TPSA) is 102 Å². The number of amides is 1. The van der Waals surface area contributed by atoms with Gasteiger partial charge in [0, 0.05) is 6.04 Å². The van der Waals surface area contributed by atoms with Crippen molar-refractivity contribution in [2.75, 3.05) is 25.9 Å². The molecule has 1 amide bonds. The number of nitrogens with zero attached hydrogens (tertiary/aromatic N) is 2. The second-order valence-electron chi connectivity index (χ2n) is 5.05. The second kappa shape index (κ2) is 5.87. The molecule has 1 aliphatic heterocycles. The average Bonchev–Trinajstić information content (AvgIpc) is 2.40. The molecule has 20 heavy (non-hydrogen) atoms. The quantitative estimate of drug-likeness (QED) is 0.488. The first-order valence-corrected chi connectivity index (χ1v) is 6.51. The highest BCUT2D eigenvalue weighted by molar-refractivity contribution is 6.00. The lowest BCUT2D eigenvalue weighted by molar-refractivity contribution is -0.384. The van der Waals surface area contributed by atoms with Gasteiger partial charge in [0.1, 0.15) is 11.3 Å². The molecule has 0 spiro atoms. The number of hydrogen-bond donors (Lipinski definition) is 2. The van der Waals surface area contributed by atoms with Crippen LogP contribution in [0, 0.1) is 10.1 Å². The average molecular weight is 278 g/mol. The van der Waals surface area contributed by atoms with Gasteiger partial charge in [-0.15, -0.1) is 0 Å². The van der Waals surface area contributed by atoms with E-state index in [1.807, 2.05) is 7.05 Å². The van der Waals surface area contributed by atoms with Gasteiger partial charge >= 0.3 is 5.69 Å². The van der Waals surface area contributed by atoms with E-state index in [1.54, 1.807) is 6.07 Å². The Labute approximate surface area is 116 Å². The van der Waals surface area contributed by atoms with Crippen molar-refractivity contribution in [2.24, 2.45) is 0 Å². The zero-order valence-electron chi connectivity index (χ0n) is 11.3. The van der Waals surface area contributed by atoms with Crippen molar-refractivity contribution in [1.29, 1.82) is 0 Å². The first-order valence-electron chi connectivity index (χ1n) is 6.51. The van der Waals surface area contributed by atoms with E-state index in [0.717, 1.165) is 25.9 Å². The van der Waals surface area contributed by atoms with E-state index < -0.39 is 10.8 Å². The van der Waals surface area contributed by atoms with Crippen LogP contribution in [0.15, 0.2) is 18.2 Å². The molecule has 0 atom stereocenters. The third kappa shape index (κ3) is 3.05. The highest BCUT2D eigenvalue weighted by atomic mass is 16.6. The van der Waals surface area contributed by atoms with Crippen molar-refractivity contribution >= 4 is 17.3 Å². The Hall–Kier alpha value is -2.15. The summed E-state index contributed by atoms with van der Waals surface area (Å²) in [5, 5.41) is 13.9. The predicted molar refractivity (Wildman–Crippen MR) is 75.5 cm³/mol. The Morgan fingerprint density at radius 3 is 2.70 bits per heavy atom. The minimum absolute atomic E-state index is 0.00558. The minimum atomic E-state index is -0.612. The molecule has 1 aliphatic rings. The summed E-state index contributed by atoms with van der Waals surface area (Å²) in [4.78, 5) is 24.8. The Bertz CT molecular complexity index is 524. The fraction of sp³-hybridized carbons (Fsp3) is 0.462. The number of carbonyl (C=O) groups is 1. The Kier molecular flexibility index (Phi) is 4.19. The van der Waals surface area contributed by atoms with Gasteiger partial charge in [0.2, 0.25) is 0 Å². The number of hydrogen-bond acceptors (Lipinski definition) is 5. The summed E-state index contributed by atoms with van der Waals surface area (Å²) in [7, 11) is 2.03. The number of rotatable bonds is 3. The van der Waals surface area contributed by atoms with Crippen LogP contribution in [-0.4, -0.2) is 41.9 Å². The molecule has 0 radical (unpaired) electrons. The Morgan fingerprint density at radius 1 is 1.45 bits per heavy atom. The third-order valence-electron chi connectivity index (χ3n) is 3.55. The Balaban J connectivity index is 2.13. The van der Waals surface area contributed by atoms with Crippen molar-refractivity contribution in [1.82, 2.24) is 10.2 Å². The van der Waals surface area contributed by atoms with Crippen LogP contribution in [0.3, 0.4) is 0 Å². The van der Waals surface area contributed by atoms with E-state index in [4.69, 9.17) is 5.73 Å². The first kappa shape index (κ1) is 14.3. The molecule has 7 heteroatoms. The summed E-state index contributed by atoms with van der Waals surface area (Å²) in [6, 6.07) is 4.45. The zero-order chi connectivity index (χ0) is 14.7. The minimum Gasteiger partial charge on any atom is -0.393 e. The van der Waals surface area contributed by atoms with Crippen molar-refractivity contribution in [3.63, 3.8) is 0 Å².